The van der Waals surface area contributed by atoms with E-state index in [-0.39, 0.29) is 6.61 Å². The summed E-state index contributed by atoms with van der Waals surface area (Å²) in [7, 11) is -5.34. The van der Waals surface area contributed by atoms with Gasteiger partial charge in [-0.25, -0.2) is 0 Å². The van der Waals surface area contributed by atoms with E-state index in [2.05, 4.69) is 9.05 Å². The molecule has 3 unspecified atom stereocenters. The van der Waals surface area contributed by atoms with Crippen LogP contribution in [0.3, 0.4) is 0 Å². The van der Waals surface area contributed by atoms with E-state index in [1.807, 2.05) is 0 Å². The standard InChI is InChI=1S/C3H6O6P2/c1-3(9-11(6)7)2-8-10(4)5/h3H,2H2,1H3/p+2. The molecule has 0 aromatic heterocycles. The van der Waals surface area contributed by atoms with E-state index >= 15 is 0 Å². The summed E-state index contributed by atoms with van der Waals surface area (Å²) in [6.07, 6.45) is -0.672. The highest BCUT2D eigenvalue weighted by Gasteiger charge is 2.23. The van der Waals surface area contributed by atoms with Gasteiger partial charge in [-0.1, -0.05) is 0 Å². The van der Waals surface area contributed by atoms with Crippen molar-refractivity contribution < 1.29 is 28.0 Å². The molecule has 0 fully saturated rings. The van der Waals surface area contributed by atoms with Crippen molar-refractivity contribution in [3.05, 3.63) is 0 Å². The summed E-state index contributed by atoms with van der Waals surface area (Å²) < 4.78 is 28.4. The molecule has 0 amide bonds. The lowest BCUT2D eigenvalue weighted by Crippen LogP contribution is -2.09. The van der Waals surface area contributed by atoms with Crippen molar-refractivity contribution in [1.82, 2.24) is 0 Å². The first-order valence-electron chi connectivity index (χ1n) is 2.64. The third-order valence-electron chi connectivity index (χ3n) is 0.690. The molecule has 11 heavy (non-hydrogen) atoms. The first kappa shape index (κ1) is 11.0. The van der Waals surface area contributed by atoms with E-state index in [0.29, 0.717) is 0 Å². The molecule has 0 saturated heterocycles. The van der Waals surface area contributed by atoms with Crippen molar-refractivity contribution in [2.75, 3.05) is 6.61 Å². The molecular formula is C3H8O6P2+2. The molecule has 0 radical (unpaired) electrons. The predicted octanol–water partition coefficient (Wildman–Crippen LogP) is 0.707. The Morgan fingerprint density at radius 3 is 2.27 bits per heavy atom. The molecule has 0 aliphatic rings. The monoisotopic (exact) mass is 202 g/mol. The summed E-state index contributed by atoms with van der Waals surface area (Å²) in [5.41, 5.74) is 0. The SMILES string of the molecule is CC(CO[P+](=O)O)O[P+](=O)O. The largest absolute Gasteiger partial charge is 0.695 e. The minimum atomic E-state index is -2.68. The van der Waals surface area contributed by atoms with Crippen LogP contribution in [0, 0.1) is 0 Å². The lowest BCUT2D eigenvalue weighted by molar-refractivity contribution is 0.133. The van der Waals surface area contributed by atoms with Crippen LogP contribution < -0.4 is 0 Å². The minimum absolute atomic E-state index is 0.187. The minimum Gasteiger partial charge on any atom is -0.133 e. The van der Waals surface area contributed by atoms with Crippen LogP contribution in [0.5, 0.6) is 0 Å². The molecule has 0 saturated carbocycles. The van der Waals surface area contributed by atoms with Crippen molar-refractivity contribution in [1.29, 1.82) is 0 Å². The van der Waals surface area contributed by atoms with Crippen LogP contribution in [0.4, 0.5) is 0 Å². The molecule has 3 atom stereocenters. The van der Waals surface area contributed by atoms with Gasteiger partial charge in [0.1, 0.15) is 12.7 Å². The molecule has 0 aliphatic heterocycles. The maximum atomic E-state index is 9.99. The Morgan fingerprint density at radius 1 is 1.36 bits per heavy atom. The van der Waals surface area contributed by atoms with Gasteiger partial charge < -0.3 is 0 Å². The molecule has 64 valence electrons. The fourth-order valence-corrected chi connectivity index (χ4v) is 1.06. The maximum absolute atomic E-state index is 9.99. The Bertz CT molecular complexity index is 158. The predicted molar refractivity (Wildman–Crippen MR) is 36.1 cm³/mol. The van der Waals surface area contributed by atoms with E-state index in [1.54, 1.807) is 0 Å². The average Bonchev–Trinajstić information content (AvgIpc) is 1.82. The molecule has 0 spiro atoms. The van der Waals surface area contributed by atoms with Gasteiger partial charge in [-0.15, -0.1) is 18.8 Å². The average molecular weight is 202 g/mol. The van der Waals surface area contributed by atoms with Gasteiger partial charge in [-0.05, 0) is 6.92 Å². The second-order valence-electron chi connectivity index (χ2n) is 1.69. The summed E-state index contributed by atoms with van der Waals surface area (Å²) in [6, 6.07) is 0. The Hall–Kier alpha value is 0.0400. The Kier molecular flexibility index (Phi) is 5.68. The van der Waals surface area contributed by atoms with Gasteiger partial charge in [0.25, 0.3) is 0 Å². The zero-order valence-corrected chi connectivity index (χ0v) is 7.50. The van der Waals surface area contributed by atoms with Gasteiger partial charge in [-0.2, -0.15) is 0 Å². The van der Waals surface area contributed by atoms with Gasteiger partial charge in [0.2, 0.25) is 0 Å². The summed E-state index contributed by atoms with van der Waals surface area (Å²) in [5, 5.41) is 0. The van der Waals surface area contributed by atoms with Crippen molar-refractivity contribution in [2.24, 2.45) is 0 Å². The van der Waals surface area contributed by atoms with Crippen LogP contribution in [0.25, 0.3) is 0 Å². The van der Waals surface area contributed by atoms with E-state index in [1.165, 1.54) is 6.92 Å². The van der Waals surface area contributed by atoms with Crippen molar-refractivity contribution in [3.8, 4) is 0 Å². The van der Waals surface area contributed by atoms with Crippen molar-refractivity contribution >= 4 is 16.5 Å². The molecule has 8 heteroatoms. The van der Waals surface area contributed by atoms with Crippen LogP contribution in [-0.2, 0) is 18.2 Å². The third-order valence-corrected chi connectivity index (χ3v) is 1.60. The summed E-state index contributed by atoms with van der Waals surface area (Å²) in [4.78, 5) is 16.3. The van der Waals surface area contributed by atoms with Crippen LogP contribution in [0.1, 0.15) is 6.92 Å². The van der Waals surface area contributed by atoms with Gasteiger partial charge >= 0.3 is 16.5 Å². The van der Waals surface area contributed by atoms with E-state index in [0.717, 1.165) is 0 Å². The van der Waals surface area contributed by atoms with Crippen molar-refractivity contribution in [3.63, 3.8) is 0 Å². The lowest BCUT2D eigenvalue weighted by atomic mass is 10.5. The smallest absolute Gasteiger partial charge is 0.133 e. The van der Waals surface area contributed by atoms with E-state index in [4.69, 9.17) is 9.79 Å². The first-order valence-corrected chi connectivity index (χ1v) is 4.90. The molecule has 0 bridgehead atoms. The molecule has 6 nitrogen and oxygen atoms in total. The highest BCUT2D eigenvalue weighted by atomic mass is 31.1. The molecule has 0 heterocycles. The van der Waals surface area contributed by atoms with Crippen LogP contribution in [-0.4, -0.2) is 22.5 Å². The lowest BCUT2D eigenvalue weighted by Gasteiger charge is -1.94. The Morgan fingerprint density at radius 2 is 1.91 bits per heavy atom. The molecule has 0 aromatic carbocycles. The first-order chi connectivity index (χ1) is 5.02. The van der Waals surface area contributed by atoms with Gasteiger partial charge in [0, 0.05) is 9.13 Å². The second kappa shape index (κ2) is 5.66. The summed E-state index contributed by atoms with van der Waals surface area (Å²) in [6.45, 7) is 1.26. The Labute approximate surface area is 65.0 Å². The molecule has 2 N–H and O–H groups in total. The summed E-state index contributed by atoms with van der Waals surface area (Å²) >= 11 is 0. The van der Waals surface area contributed by atoms with E-state index in [9.17, 15) is 9.13 Å². The normalized spacial score (nSPS) is 15.9. The van der Waals surface area contributed by atoms with Crippen molar-refractivity contribution in [2.45, 2.75) is 13.0 Å². The van der Waals surface area contributed by atoms with Gasteiger partial charge in [0.05, 0.1) is 0 Å². The van der Waals surface area contributed by atoms with Crippen LogP contribution in [0.15, 0.2) is 0 Å². The van der Waals surface area contributed by atoms with Gasteiger partial charge in [-0.3, -0.25) is 0 Å². The Balaban J connectivity index is 3.44. The van der Waals surface area contributed by atoms with E-state index < -0.39 is 22.6 Å². The zero-order valence-electron chi connectivity index (χ0n) is 5.71. The highest BCUT2D eigenvalue weighted by Crippen LogP contribution is 2.21. The fourth-order valence-electron chi connectivity index (χ4n) is 0.353. The second-order valence-corrected chi connectivity index (χ2v) is 3.11. The third kappa shape index (κ3) is 7.94. The molecular weight excluding hydrogens is 194 g/mol. The maximum Gasteiger partial charge on any atom is 0.695 e. The summed E-state index contributed by atoms with van der Waals surface area (Å²) in [5.74, 6) is 0. The topological polar surface area (TPSA) is 93.1 Å². The fraction of sp³-hybridized carbons (Fsp3) is 1.00. The van der Waals surface area contributed by atoms with Crippen LogP contribution in [0.2, 0.25) is 0 Å². The molecule has 0 aromatic rings. The number of hydrogen-bond donors (Lipinski definition) is 2. The number of rotatable bonds is 5. The van der Waals surface area contributed by atoms with Crippen LogP contribution >= 0.6 is 16.5 Å². The van der Waals surface area contributed by atoms with Gasteiger partial charge in [0.15, 0.2) is 0 Å². The quantitative estimate of drug-likeness (QED) is 0.637. The molecule has 0 aliphatic carbocycles. The highest BCUT2D eigenvalue weighted by molar-refractivity contribution is 7.32. The number of hydrogen-bond acceptors (Lipinski definition) is 4. The zero-order chi connectivity index (χ0) is 8.85. The molecule has 0 rings (SSSR count).